The molecule has 0 saturated carbocycles. The van der Waals surface area contributed by atoms with E-state index in [0.29, 0.717) is 0 Å². The molecule has 0 saturated heterocycles. The van der Waals surface area contributed by atoms with Crippen LogP contribution in [-0.2, 0) is 19.4 Å². The zero-order valence-corrected chi connectivity index (χ0v) is 10.8. The Balaban J connectivity index is 1.74. The third-order valence-electron chi connectivity index (χ3n) is 3.68. The minimum absolute atomic E-state index is 1.02. The minimum Gasteiger partial charge on any atom is -0.370 e. The lowest BCUT2D eigenvalue weighted by atomic mass is 10.0. The Morgan fingerprint density at radius 3 is 3.06 bits per heavy atom. The van der Waals surface area contributed by atoms with Gasteiger partial charge in [0, 0.05) is 19.5 Å². The van der Waals surface area contributed by atoms with Crippen LogP contribution < -0.4 is 5.32 Å². The Morgan fingerprint density at radius 2 is 2.17 bits per heavy atom. The molecule has 1 aliphatic heterocycles. The van der Waals surface area contributed by atoms with Crippen molar-refractivity contribution in [3.8, 4) is 0 Å². The molecule has 0 radical (unpaired) electrons. The normalized spacial score (nSPS) is 14.1. The number of benzene rings is 1. The second kappa shape index (κ2) is 4.84. The predicted octanol–water partition coefficient (Wildman–Crippen LogP) is 2.79. The summed E-state index contributed by atoms with van der Waals surface area (Å²) < 4.78 is 2.32. The first-order valence-electron chi connectivity index (χ1n) is 6.67. The van der Waals surface area contributed by atoms with Crippen LogP contribution in [0.2, 0.25) is 0 Å². The number of aromatic nitrogens is 2. The molecule has 1 aromatic carbocycles. The molecule has 3 rings (SSSR count). The molecule has 1 aromatic heterocycles. The lowest BCUT2D eigenvalue weighted by molar-refractivity contribution is 0.597. The number of aryl methyl sites for hydroxylation is 3. The van der Waals surface area contributed by atoms with Crippen molar-refractivity contribution in [1.82, 2.24) is 9.55 Å². The van der Waals surface area contributed by atoms with Crippen LogP contribution in [0.15, 0.2) is 30.5 Å². The summed E-state index contributed by atoms with van der Waals surface area (Å²) in [6, 6.07) is 8.61. The molecule has 0 spiro atoms. The monoisotopic (exact) mass is 241 g/mol. The van der Waals surface area contributed by atoms with Crippen LogP contribution in [0.25, 0.3) is 0 Å². The van der Waals surface area contributed by atoms with Gasteiger partial charge in [-0.05, 0) is 30.9 Å². The molecule has 0 unspecified atom stereocenters. The van der Waals surface area contributed by atoms with Gasteiger partial charge in [-0.25, -0.2) is 4.98 Å². The Kier molecular flexibility index (Phi) is 3.05. The van der Waals surface area contributed by atoms with Crippen molar-refractivity contribution in [3.05, 3.63) is 47.4 Å². The largest absolute Gasteiger partial charge is 0.370 e. The van der Waals surface area contributed by atoms with Gasteiger partial charge in [0.15, 0.2) is 0 Å². The SMILES string of the molecule is Cc1ccccc1CCc1ncc2n1CCCN2. The first-order valence-corrected chi connectivity index (χ1v) is 6.67. The van der Waals surface area contributed by atoms with Gasteiger partial charge in [0.05, 0.1) is 6.20 Å². The topological polar surface area (TPSA) is 29.9 Å². The molecule has 3 heteroatoms. The van der Waals surface area contributed by atoms with Crippen LogP contribution >= 0.6 is 0 Å². The van der Waals surface area contributed by atoms with Gasteiger partial charge in [0.25, 0.3) is 0 Å². The van der Waals surface area contributed by atoms with Crippen molar-refractivity contribution in [1.29, 1.82) is 0 Å². The highest BCUT2D eigenvalue weighted by molar-refractivity contribution is 5.36. The second-order valence-electron chi connectivity index (χ2n) is 4.92. The summed E-state index contributed by atoms with van der Waals surface area (Å²) >= 11 is 0. The molecular weight excluding hydrogens is 222 g/mol. The molecular formula is C15H19N3. The molecule has 1 aliphatic rings. The van der Waals surface area contributed by atoms with Crippen LogP contribution in [0.5, 0.6) is 0 Å². The van der Waals surface area contributed by atoms with Gasteiger partial charge in [-0.3, -0.25) is 0 Å². The molecule has 0 aliphatic carbocycles. The quantitative estimate of drug-likeness (QED) is 0.895. The van der Waals surface area contributed by atoms with E-state index in [9.17, 15) is 0 Å². The number of hydrogen-bond donors (Lipinski definition) is 1. The fourth-order valence-corrected chi connectivity index (χ4v) is 2.59. The average Bonchev–Trinajstić information content (AvgIpc) is 2.81. The number of nitrogens with one attached hydrogen (secondary N) is 1. The highest BCUT2D eigenvalue weighted by atomic mass is 15.2. The fraction of sp³-hybridized carbons (Fsp3) is 0.400. The van der Waals surface area contributed by atoms with Crippen LogP contribution in [-0.4, -0.2) is 16.1 Å². The number of nitrogens with zero attached hydrogens (tertiary/aromatic N) is 2. The molecule has 94 valence electrons. The summed E-state index contributed by atoms with van der Waals surface area (Å²) in [6.07, 6.45) is 5.25. The smallest absolute Gasteiger partial charge is 0.126 e. The molecule has 0 amide bonds. The number of hydrogen-bond acceptors (Lipinski definition) is 2. The van der Waals surface area contributed by atoms with Gasteiger partial charge in [0.2, 0.25) is 0 Å². The van der Waals surface area contributed by atoms with E-state index in [1.165, 1.54) is 29.2 Å². The minimum atomic E-state index is 1.02. The van der Waals surface area contributed by atoms with Crippen molar-refractivity contribution < 1.29 is 0 Å². The Labute approximate surface area is 108 Å². The standard InChI is InChI=1S/C15H19N3/c1-12-5-2-3-6-13(12)7-8-14-17-11-15-16-9-4-10-18(14)15/h2-3,5-6,11,16H,4,7-10H2,1H3. The van der Waals surface area contributed by atoms with Gasteiger partial charge in [-0.2, -0.15) is 0 Å². The summed E-state index contributed by atoms with van der Waals surface area (Å²) in [6.45, 7) is 4.35. The van der Waals surface area contributed by atoms with Crippen LogP contribution in [0.1, 0.15) is 23.4 Å². The van der Waals surface area contributed by atoms with Gasteiger partial charge in [-0.15, -0.1) is 0 Å². The fourth-order valence-electron chi connectivity index (χ4n) is 2.59. The number of anilines is 1. The number of imidazole rings is 1. The predicted molar refractivity (Wildman–Crippen MR) is 73.9 cm³/mol. The molecule has 2 aromatic rings. The van der Waals surface area contributed by atoms with Crippen LogP contribution in [0.3, 0.4) is 0 Å². The van der Waals surface area contributed by atoms with E-state index >= 15 is 0 Å². The lowest BCUT2D eigenvalue weighted by Gasteiger charge is -2.18. The van der Waals surface area contributed by atoms with E-state index in [1.807, 2.05) is 6.20 Å². The van der Waals surface area contributed by atoms with Crippen molar-refractivity contribution in [2.75, 3.05) is 11.9 Å². The van der Waals surface area contributed by atoms with Crippen LogP contribution in [0, 0.1) is 6.92 Å². The van der Waals surface area contributed by atoms with Gasteiger partial charge >= 0.3 is 0 Å². The van der Waals surface area contributed by atoms with Crippen molar-refractivity contribution >= 4 is 5.82 Å². The summed E-state index contributed by atoms with van der Waals surface area (Å²) in [5, 5.41) is 3.39. The maximum atomic E-state index is 4.54. The molecule has 2 heterocycles. The van der Waals surface area contributed by atoms with E-state index in [-0.39, 0.29) is 0 Å². The Morgan fingerprint density at radius 1 is 1.28 bits per heavy atom. The molecule has 0 bridgehead atoms. The highest BCUT2D eigenvalue weighted by Gasteiger charge is 2.13. The molecule has 0 fully saturated rings. The maximum absolute atomic E-state index is 4.54. The maximum Gasteiger partial charge on any atom is 0.126 e. The highest BCUT2D eigenvalue weighted by Crippen LogP contribution is 2.18. The van der Waals surface area contributed by atoms with Crippen LogP contribution in [0.4, 0.5) is 5.82 Å². The summed E-state index contributed by atoms with van der Waals surface area (Å²) in [7, 11) is 0. The van der Waals surface area contributed by atoms with E-state index in [1.54, 1.807) is 0 Å². The van der Waals surface area contributed by atoms with Gasteiger partial charge in [0.1, 0.15) is 11.6 Å². The second-order valence-corrected chi connectivity index (χ2v) is 4.92. The number of rotatable bonds is 3. The first kappa shape index (κ1) is 11.3. The summed E-state index contributed by atoms with van der Waals surface area (Å²) in [5.74, 6) is 2.39. The van der Waals surface area contributed by atoms with Crippen molar-refractivity contribution in [3.63, 3.8) is 0 Å². The zero-order valence-electron chi connectivity index (χ0n) is 10.8. The lowest BCUT2D eigenvalue weighted by Crippen LogP contribution is -2.18. The average molecular weight is 241 g/mol. The summed E-state index contributed by atoms with van der Waals surface area (Å²) in [5.41, 5.74) is 2.81. The zero-order chi connectivity index (χ0) is 12.4. The van der Waals surface area contributed by atoms with E-state index in [2.05, 4.69) is 46.1 Å². The third-order valence-corrected chi connectivity index (χ3v) is 3.68. The van der Waals surface area contributed by atoms with Gasteiger partial charge < -0.3 is 9.88 Å². The van der Waals surface area contributed by atoms with E-state index in [0.717, 1.165) is 25.9 Å². The van der Waals surface area contributed by atoms with Gasteiger partial charge in [-0.1, -0.05) is 24.3 Å². The molecule has 18 heavy (non-hydrogen) atoms. The molecule has 1 N–H and O–H groups in total. The van der Waals surface area contributed by atoms with E-state index in [4.69, 9.17) is 0 Å². The summed E-state index contributed by atoms with van der Waals surface area (Å²) in [4.78, 5) is 4.54. The first-order chi connectivity index (χ1) is 8.84. The molecule has 3 nitrogen and oxygen atoms in total. The van der Waals surface area contributed by atoms with Crippen molar-refractivity contribution in [2.24, 2.45) is 0 Å². The van der Waals surface area contributed by atoms with E-state index < -0.39 is 0 Å². The number of fused-ring (bicyclic) bond motifs is 1. The molecule has 0 atom stereocenters. The Bertz CT molecular complexity index is 542. The van der Waals surface area contributed by atoms with Crippen molar-refractivity contribution in [2.45, 2.75) is 32.7 Å². The Hall–Kier alpha value is -1.77. The third kappa shape index (κ3) is 2.13.